The molecule has 2 aromatic heterocycles. The number of rotatable bonds is 5. The SMILES string of the molecule is Cc1cn(C(=O)Nc2ccccc2)c2ccc(Oc3ccnc(NC(=O)C4CCN(C(=O)OC(C)(C)C)CC4)c3)cc12. The minimum absolute atomic E-state index is 0.143. The summed E-state index contributed by atoms with van der Waals surface area (Å²) < 4.78 is 13.1. The molecule has 42 heavy (non-hydrogen) atoms. The molecule has 10 heteroatoms. The first-order valence-electron chi connectivity index (χ1n) is 14.0. The van der Waals surface area contributed by atoms with Crippen LogP contribution in [-0.4, -0.2) is 51.2 Å². The molecule has 218 valence electrons. The van der Waals surface area contributed by atoms with Crippen LogP contribution >= 0.6 is 0 Å². The quantitative estimate of drug-likeness (QED) is 0.273. The number of anilines is 2. The zero-order chi connectivity index (χ0) is 29.9. The second-order valence-corrected chi connectivity index (χ2v) is 11.4. The van der Waals surface area contributed by atoms with E-state index in [1.165, 1.54) is 0 Å². The first-order chi connectivity index (χ1) is 20.1. The van der Waals surface area contributed by atoms with Crippen LogP contribution in [0, 0.1) is 12.8 Å². The van der Waals surface area contributed by atoms with Gasteiger partial charge in [-0.3, -0.25) is 9.36 Å². The number of amides is 3. The molecule has 1 aliphatic heterocycles. The lowest BCUT2D eigenvalue weighted by Crippen LogP contribution is -2.43. The Bertz CT molecular complexity index is 1600. The largest absolute Gasteiger partial charge is 0.457 e. The van der Waals surface area contributed by atoms with Crippen molar-refractivity contribution < 1.29 is 23.9 Å². The van der Waals surface area contributed by atoms with Crippen molar-refractivity contribution in [2.75, 3.05) is 23.7 Å². The van der Waals surface area contributed by atoms with Gasteiger partial charge in [0.1, 0.15) is 22.9 Å². The lowest BCUT2D eigenvalue weighted by molar-refractivity contribution is -0.121. The van der Waals surface area contributed by atoms with Gasteiger partial charge in [-0.1, -0.05) is 18.2 Å². The summed E-state index contributed by atoms with van der Waals surface area (Å²) in [6.07, 6.45) is 4.11. The van der Waals surface area contributed by atoms with Gasteiger partial charge in [-0.2, -0.15) is 0 Å². The van der Waals surface area contributed by atoms with E-state index in [9.17, 15) is 14.4 Å². The molecule has 0 spiro atoms. The number of aromatic nitrogens is 2. The molecule has 2 aromatic carbocycles. The highest BCUT2D eigenvalue weighted by Crippen LogP contribution is 2.30. The predicted molar refractivity (Wildman–Crippen MR) is 161 cm³/mol. The Balaban J connectivity index is 1.21. The Labute approximate surface area is 244 Å². The van der Waals surface area contributed by atoms with E-state index in [1.54, 1.807) is 40.1 Å². The maximum atomic E-state index is 12.9. The minimum atomic E-state index is -0.557. The molecule has 4 aromatic rings. The van der Waals surface area contributed by atoms with Crippen molar-refractivity contribution >= 4 is 40.4 Å². The van der Waals surface area contributed by atoms with Crippen LogP contribution < -0.4 is 15.4 Å². The number of nitrogens with zero attached hydrogens (tertiary/aromatic N) is 3. The number of hydrogen-bond acceptors (Lipinski definition) is 6. The molecule has 3 amide bonds. The number of nitrogens with one attached hydrogen (secondary N) is 2. The summed E-state index contributed by atoms with van der Waals surface area (Å²) in [4.78, 5) is 44.1. The zero-order valence-electron chi connectivity index (χ0n) is 24.2. The van der Waals surface area contributed by atoms with E-state index in [2.05, 4.69) is 15.6 Å². The van der Waals surface area contributed by atoms with Crippen molar-refractivity contribution in [3.63, 3.8) is 0 Å². The summed E-state index contributed by atoms with van der Waals surface area (Å²) in [6, 6.07) is 18.0. The first-order valence-corrected chi connectivity index (χ1v) is 14.0. The lowest BCUT2D eigenvalue weighted by Gasteiger charge is -2.32. The smallest absolute Gasteiger partial charge is 0.410 e. The summed E-state index contributed by atoms with van der Waals surface area (Å²) in [5.41, 5.74) is 1.85. The Hall–Kier alpha value is -4.86. The Morgan fingerprint density at radius 3 is 2.36 bits per heavy atom. The van der Waals surface area contributed by atoms with Gasteiger partial charge in [-0.15, -0.1) is 0 Å². The van der Waals surface area contributed by atoms with Gasteiger partial charge < -0.3 is 25.0 Å². The monoisotopic (exact) mass is 569 g/mol. The van der Waals surface area contributed by atoms with Crippen molar-refractivity contribution in [2.45, 2.75) is 46.1 Å². The lowest BCUT2D eigenvalue weighted by atomic mass is 9.96. The van der Waals surface area contributed by atoms with Crippen molar-refractivity contribution in [3.8, 4) is 11.5 Å². The second kappa shape index (κ2) is 11.9. The van der Waals surface area contributed by atoms with Crippen LogP contribution in [0.4, 0.5) is 21.1 Å². The molecule has 0 unspecified atom stereocenters. The number of para-hydroxylation sites is 1. The van der Waals surface area contributed by atoms with Crippen molar-refractivity contribution in [1.29, 1.82) is 0 Å². The summed E-state index contributed by atoms with van der Waals surface area (Å²) in [7, 11) is 0. The highest BCUT2D eigenvalue weighted by atomic mass is 16.6. The van der Waals surface area contributed by atoms with Gasteiger partial charge in [0.25, 0.3) is 0 Å². The standard InChI is InChI=1S/C32H35N5O5/c1-21-20-37(30(39)34-23-8-6-5-7-9-23)27-11-10-24(18-26(21)27)41-25-12-15-33-28(19-25)35-29(38)22-13-16-36(17-14-22)31(40)42-32(2,3)4/h5-12,15,18-20,22H,13-14,16-17H2,1-4H3,(H,34,39)(H,33,35,38). The molecule has 0 saturated carbocycles. The number of aryl methyl sites for hydroxylation is 1. The molecule has 1 aliphatic rings. The average Bonchev–Trinajstić information content (AvgIpc) is 3.29. The van der Waals surface area contributed by atoms with Crippen LogP contribution in [-0.2, 0) is 9.53 Å². The van der Waals surface area contributed by atoms with Gasteiger partial charge in [0.2, 0.25) is 5.91 Å². The molecular weight excluding hydrogens is 534 g/mol. The molecule has 1 saturated heterocycles. The van der Waals surface area contributed by atoms with Gasteiger partial charge in [0.05, 0.1) is 5.52 Å². The van der Waals surface area contributed by atoms with Crippen LogP contribution in [0.3, 0.4) is 0 Å². The number of hydrogen-bond donors (Lipinski definition) is 2. The van der Waals surface area contributed by atoms with Crippen molar-refractivity contribution in [2.24, 2.45) is 5.92 Å². The van der Waals surface area contributed by atoms with E-state index in [4.69, 9.17) is 9.47 Å². The molecule has 0 bridgehead atoms. The van der Waals surface area contributed by atoms with E-state index in [0.717, 1.165) is 16.5 Å². The fraction of sp³-hybridized carbons (Fsp3) is 0.312. The van der Waals surface area contributed by atoms with Crippen LogP contribution in [0.5, 0.6) is 11.5 Å². The molecule has 0 aliphatic carbocycles. The van der Waals surface area contributed by atoms with Crippen molar-refractivity contribution in [3.05, 3.63) is 78.6 Å². The highest BCUT2D eigenvalue weighted by molar-refractivity contribution is 6.00. The van der Waals surface area contributed by atoms with E-state index in [-0.39, 0.29) is 23.9 Å². The maximum absolute atomic E-state index is 12.9. The minimum Gasteiger partial charge on any atom is -0.457 e. The van der Waals surface area contributed by atoms with Gasteiger partial charge in [-0.05, 0) is 82.5 Å². The first kappa shape index (κ1) is 28.7. The number of pyridine rings is 1. The summed E-state index contributed by atoms with van der Waals surface area (Å²) in [5, 5.41) is 6.67. The number of carbonyl (C=O) groups is 3. The van der Waals surface area contributed by atoms with E-state index < -0.39 is 5.60 Å². The fourth-order valence-corrected chi connectivity index (χ4v) is 4.87. The van der Waals surface area contributed by atoms with Gasteiger partial charge in [0.15, 0.2) is 0 Å². The van der Waals surface area contributed by atoms with Crippen LogP contribution in [0.15, 0.2) is 73.1 Å². The third-order valence-corrected chi connectivity index (χ3v) is 6.95. The molecule has 0 radical (unpaired) electrons. The number of likely N-dealkylation sites (tertiary alicyclic amines) is 1. The van der Waals surface area contributed by atoms with E-state index >= 15 is 0 Å². The number of benzene rings is 2. The van der Waals surface area contributed by atoms with Crippen LogP contribution in [0.1, 0.15) is 39.2 Å². The normalized spacial score (nSPS) is 14.0. The molecule has 5 rings (SSSR count). The number of piperidine rings is 1. The Morgan fingerprint density at radius 1 is 0.929 bits per heavy atom. The number of ether oxygens (including phenoxy) is 2. The Morgan fingerprint density at radius 2 is 1.64 bits per heavy atom. The third-order valence-electron chi connectivity index (χ3n) is 6.95. The molecule has 10 nitrogen and oxygen atoms in total. The molecule has 1 fully saturated rings. The zero-order valence-corrected chi connectivity index (χ0v) is 24.2. The summed E-state index contributed by atoms with van der Waals surface area (Å²) in [5.74, 6) is 1.11. The highest BCUT2D eigenvalue weighted by Gasteiger charge is 2.30. The van der Waals surface area contributed by atoms with Gasteiger partial charge in [-0.25, -0.2) is 14.6 Å². The molecule has 0 atom stereocenters. The van der Waals surface area contributed by atoms with E-state index in [0.29, 0.717) is 48.9 Å². The topological polar surface area (TPSA) is 115 Å². The van der Waals surface area contributed by atoms with Crippen LogP contribution in [0.25, 0.3) is 10.9 Å². The number of fused-ring (bicyclic) bond motifs is 1. The van der Waals surface area contributed by atoms with Gasteiger partial charge in [0, 0.05) is 48.5 Å². The van der Waals surface area contributed by atoms with Crippen molar-refractivity contribution in [1.82, 2.24) is 14.5 Å². The number of carbonyl (C=O) groups excluding carboxylic acids is 3. The maximum Gasteiger partial charge on any atom is 0.410 e. The summed E-state index contributed by atoms with van der Waals surface area (Å²) in [6.45, 7) is 8.36. The second-order valence-electron chi connectivity index (χ2n) is 11.4. The van der Waals surface area contributed by atoms with Gasteiger partial charge >= 0.3 is 12.1 Å². The van der Waals surface area contributed by atoms with Crippen LogP contribution in [0.2, 0.25) is 0 Å². The molecular formula is C32H35N5O5. The third kappa shape index (κ3) is 6.88. The van der Waals surface area contributed by atoms with E-state index in [1.807, 2.05) is 70.2 Å². The average molecular weight is 570 g/mol. The fourth-order valence-electron chi connectivity index (χ4n) is 4.87. The molecule has 3 heterocycles. The Kier molecular flexibility index (Phi) is 8.15. The molecule has 2 N–H and O–H groups in total. The predicted octanol–water partition coefficient (Wildman–Crippen LogP) is 6.80. The summed E-state index contributed by atoms with van der Waals surface area (Å²) >= 11 is 0.